The lowest BCUT2D eigenvalue weighted by molar-refractivity contribution is -0.152. The molecule has 3 rings (SSSR count). The summed E-state index contributed by atoms with van der Waals surface area (Å²) in [6, 6.07) is 18.6. The average molecular weight is 440 g/mol. The number of nitrogens with zero attached hydrogens (tertiary/aromatic N) is 1. The fourth-order valence-corrected chi connectivity index (χ4v) is 4.05. The SMILES string of the molecule is CC(C)C[C@@H](O)[C@H](OCc1ccccc1)C(=O)N1C(=O)OC(C)(C)[C@@H]1Cc1ccccc1. The van der Waals surface area contributed by atoms with E-state index in [-0.39, 0.29) is 12.5 Å². The largest absolute Gasteiger partial charge is 0.441 e. The van der Waals surface area contributed by atoms with E-state index in [4.69, 9.17) is 9.47 Å². The summed E-state index contributed by atoms with van der Waals surface area (Å²) in [5.41, 5.74) is 1.01. The standard InChI is InChI=1S/C26H33NO5/c1-18(2)15-21(28)23(31-17-20-13-9-6-10-14-20)24(29)27-22(26(3,4)32-25(27)30)16-19-11-7-5-8-12-19/h5-14,18,21-23,28H,15-17H2,1-4H3/t21-,22+,23+/m1/s1. The van der Waals surface area contributed by atoms with E-state index in [1.54, 1.807) is 13.8 Å². The highest BCUT2D eigenvalue weighted by Crippen LogP contribution is 2.33. The molecule has 0 bridgehead atoms. The number of imide groups is 1. The molecular weight excluding hydrogens is 406 g/mol. The van der Waals surface area contributed by atoms with Gasteiger partial charge in [0.25, 0.3) is 5.91 Å². The number of ether oxygens (including phenoxy) is 2. The summed E-state index contributed by atoms with van der Waals surface area (Å²) in [7, 11) is 0. The maximum atomic E-state index is 13.6. The molecule has 2 aromatic carbocycles. The minimum Gasteiger partial charge on any atom is -0.441 e. The molecule has 3 atom stereocenters. The highest BCUT2D eigenvalue weighted by molar-refractivity contribution is 5.96. The van der Waals surface area contributed by atoms with Crippen LogP contribution in [0.1, 0.15) is 45.2 Å². The van der Waals surface area contributed by atoms with Gasteiger partial charge in [-0.15, -0.1) is 0 Å². The van der Waals surface area contributed by atoms with Crippen molar-refractivity contribution >= 4 is 12.0 Å². The first kappa shape index (κ1) is 24.0. The lowest BCUT2D eigenvalue weighted by atomic mass is 9.91. The molecule has 1 heterocycles. The second-order valence-corrected chi connectivity index (χ2v) is 9.30. The van der Waals surface area contributed by atoms with E-state index in [0.717, 1.165) is 16.0 Å². The number of amides is 2. The van der Waals surface area contributed by atoms with Crippen molar-refractivity contribution in [1.82, 2.24) is 4.90 Å². The van der Waals surface area contributed by atoms with E-state index in [2.05, 4.69) is 0 Å². The number of benzene rings is 2. The summed E-state index contributed by atoms with van der Waals surface area (Å²) < 4.78 is 11.5. The van der Waals surface area contributed by atoms with Crippen molar-refractivity contribution in [3.63, 3.8) is 0 Å². The molecule has 1 N–H and O–H groups in total. The van der Waals surface area contributed by atoms with E-state index < -0.39 is 35.9 Å². The predicted octanol–water partition coefficient (Wildman–Crippen LogP) is 4.35. The zero-order chi connectivity index (χ0) is 23.3. The molecule has 0 saturated carbocycles. The van der Waals surface area contributed by atoms with Crippen LogP contribution in [0.3, 0.4) is 0 Å². The second kappa shape index (κ2) is 10.3. The topological polar surface area (TPSA) is 76.1 Å². The summed E-state index contributed by atoms with van der Waals surface area (Å²) >= 11 is 0. The highest BCUT2D eigenvalue weighted by Gasteiger charge is 2.52. The van der Waals surface area contributed by atoms with Gasteiger partial charge in [0.05, 0.1) is 18.8 Å². The smallest absolute Gasteiger partial charge is 0.417 e. The molecule has 32 heavy (non-hydrogen) atoms. The average Bonchev–Trinajstić information content (AvgIpc) is 2.96. The number of hydrogen-bond donors (Lipinski definition) is 1. The third-order valence-electron chi connectivity index (χ3n) is 5.75. The Balaban J connectivity index is 1.86. The summed E-state index contributed by atoms with van der Waals surface area (Å²) in [6.45, 7) is 7.69. The highest BCUT2D eigenvalue weighted by atomic mass is 16.6. The molecule has 2 amide bonds. The maximum absolute atomic E-state index is 13.6. The van der Waals surface area contributed by atoms with E-state index in [1.165, 1.54) is 0 Å². The molecule has 1 aliphatic rings. The van der Waals surface area contributed by atoms with Crippen LogP contribution in [0.25, 0.3) is 0 Å². The van der Waals surface area contributed by atoms with Gasteiger partial charge in [0.2, 0.25) is 0 Å². The Morgan fingerprint density at radius 3 is 2.19 bits per heavy atom. The van der Waals surface area contributed by atoms with Crippen molar-refractivity contribution in [3.8, 4) is 0 Å². The van der Waals surface area contributed by atoms with Crippen LogP contribution in [0, 0.1) is 5.92 Å². The third-order valence-corrected chi connectivity index (χ3v) is 5.75. The molecule has 6 nitrogen and oxygen atoms in total. The quantitative estimate of drug-likeness (QED) is 0.629. The fourth-order valence-electron chi connectivity index (χ4n) is 4.05. The van der Waals surface area contributed by atoms with E-state index in [0.29, 0.717) is 12.8 Å². The predicted molar refractivity (Wildman–Crippen MR) is 122 cm³/mol. The second-order valence-electron chi connectivity index (χ2n) is 9.30. The fraction of sp³-hybridized carbons (Fsp3) is 0.462. The van der Waals surface area contributed by atoms with Crippen LogP contribution < -0.4 is 0 Å². The van der Waals surface area contributed by atoms with Crippen LogP contribution in [0.2, 0.25) is 0 Å². The summed E-state index contributed by atoms with van der Waals surface area (Å²) in [6.07, 6.45) is -2.08. The molecule has 172 valence electrons. The Morgan fingerprint density at radius 2 is 1.62 bits per heavy atom. The van der Waals surface area contributed by atoms with Gasteiger partial charge in [0.1, 0.15) is 5.60 Å². The number of carbonyl (C=O) groups excluding carboxylic acids is 2. The van der Waals surface area contributed by atoms with Gasteiger partial charge in [0.15, 0.2) is 6.10 Å². The van der Waals surface area contributed by atoms with Gasteiger partial charge in [-0.2, -0.15) is 0 Å². The Bertz CT molecular complexity index is 897. The zero-order valence-corrected chi connectivity index (χ0v) is 19.2. The first-order valence-electron chi connectivity index (χ1n) is 11.1. The van der Waals surface area contributed by atoms with Crippen molar-refractivity contribution in [2.45, 2.75) is 71.0 Å². The Kier molecular flexibility index (Phi) is 7.69. The number of aliphatic hydroxyl groups excluding tert-OH is 1. The third kappa shape index (κ3) is 5.75. The van der Waals surface area contributed by atoms with Gasteiger partial charge in [-0.1, -0.05) is 74.5 Å². The van der Waals surface area contributed by atoms with Gasteiger partial charge in [-0.3, -0.25) is 4.79 Å². The first-order chi connectivity index (χ1) is 15.2. The lowest BCUT2D eigenvalue weighted by Gasteiger charge is -2.31. The van der Waals surface area contributed by atoms with Gasteiger partial charge in [0, 0.05) is 0 Å². The molecule has 0 spiro atoms. The maximum Gasteiger partial charge on any atom is 0.417 e. The number of aliphatic hydroxyl groups is 1. The molecule has 0 radical (unpaired) electrons. The van der Waals surface area contributed by atoms with E-state index in [9.17, 15) is 14.7 Å². The summed E-state index contributed by atoms with van der Waals surface area (Å²) in [4.78, 5) is 27.6. The van der Waals surface area contributed by atoms with Crippen LogP contribution in [0.4, 0.5) is 4.79 Å². The minimum atomic E-state index is -1.17. The van der Waals surface area contributed by atoms with Crippen LogP contribution in [0.15, 0.2) is 60.7 Å². The molecule has 6 heteroatoms. The Morgan fingerprint density at radius 1 is 1.06 bits per heavy atom. The van der Waals surface area contributed by atoms with Crippen molar-refractivity contribution in [2.75, 3.05) is 0 Å². The van der Waals surface area contributed by atoms with Gasteiger partial charge >= 0.3 is 6.09 Å². The van der Waals surface area contributed by atoms with Gasteiger partial charge < -0.3 is 14.6 Å². The van der Waals surface area contributed by atoms with E-state index >= 15 is 0 Å². The molecule has 1 saturated heterocycles. The van der Waals surface area contributed by atoms with Crippen molar-refractivity contribution < 1.29 is 24.2 Å². The van der Waals surface area contributed by atoms with Gasteiger partial charge in [-0.25, -0.2) is 9.69 Å². The van der Waals surface area contributed by atoms with Crippen LogP contribution in [-0.2, 0) is 27.3 Å². The van der Waals surface area contributed by atoms with Crippen LogP contribution in [0.5, 0.6) is 0 Å². The summed E-state index contributed by atoms with van der Waals surface area (Å²) in [5.74, 6) is -0.409. The molecule has 1 aliphatic heterocycles. The first-order valence-corrected chi connectivity index (χ1v) is 11.1. The minimum absolute atomic E-state index is 0.155. The monoisotopic (exact) mass is 439 g/mol. The van der Waals surface area contributed by atoms with Crippen LogP contribution in [-0.4, -0.2) is 45.9 Å². The molecule has 0 aromatic heterocycles. The van der Waals surface area contributed by atoms with Crippen molar-refractivity contribution in [2.24, 2.45) is 5.92 Å². The Labute approximate surface area is 190 Å². The molecule has 1 fully saturated rings. The molecular formula is C26H33NO5. The van der Waals surface area contributed by atoms with Crippen LogP contribution >= 0.6 is 0 Å². The normalized spacial score (nSPS) is 19.6. The number of rotatable bonds is 9. The van der Waals surface area contributed by atoms with Gasteiger partial charge in [-0.05, 0) is 43.7 Å². The van der Waals surface area contributed by atoms with E-state index in [1.807, 2.05) is 74.5 Å². The number of carbonyl (C=O) groups is 2. The summed E-state index contributed by atoms with van der Waals surface area (Å²) in [5, 5.41) is 10.9. The zero-order valence-electron chi connectivity index (χ0n) is 19.2. The Hall–Kier alpha value is -2.70. The molecule has 0 unspecified atom stereocenters. The molecule has 0 aliphatic carbocycles. The number of cyclic esters (lactones) is 1. The van der Waals surface area contributed by atoms with Crippen molar-refractivity contribution in [1.29, 1.82) is 0 Å². The van der Waals surface area contributed by atoms with Crippen molar-refractivity contribution in [3.05, 3.63) is 71.8 Å². The molecule has 2 aromatic rings. The number of hydrogen-bond acceptors (Lipinski definition) is 5. The lowest BCUT2D eigenvalue weighted by Crippen LogP contribution is -2.53.